The summed E-state index contributed by atoms with van der Waals surface area (Å²) in [6.45, 7) is 42.4. The third kappa shape index (κ3) is 67.8. The van der Waals surface area contributed by atoms with Crippen molar-refractivity contribution in [1.82, 2.24) is 0 Å². The van der Waals surface area contributed by atoms with Gasteiger partial charge in [-0.15, -0.1) is 0 Å². The molecule has 0 fully saturated rings. The van der Waals surface area contributed by atoms with Crippen LogP contribution in [0.5, 0.6) is 0 Å². The molecule has 0 N–H and O–H groups in total. The van der Waals surface area contributed by atoms with E-state index < -0.39 is 0 Å². The summed E-state index contributed by atoms with van der Waals surface area (Å²) in [5.74, 6) is 0. The van der Waals surface area contributed by atoms with Crippen LogP contribution < -0.4 is 9.80 Å². The van der Waals surface area contributed by atoms with Crippen LogP contribution >= 0.6 is 0 Å². The van der Waals surface area contributed by atoms with Crippen molar-refractivity contribution in [2.24, 2.45) is 0 Å². The first kappa shape index (κ1) is 72.9. The second kappa shape index (κ2) is 88.1. The minimum absolute atomic E-state index is 1.06. The molecule has 0 unspecified atom stereocenters. The molecule has 2 nitrogen and oxygen atoms in total. The number of hydrogen-bond donors (Lipinski definition) is 0. The molecule has 2 heteroatoms. The zero-order valence-corrected chi connectivity index (χ0v) is 41.5. The molecule has 0 spiro atoms. The second-order valence-electron chi connectivity index (χ2n) is 8.16. The van der Waals surface area contributed by atoms with E-state index in [2.05, 4.69) is 86.3 Å². The smallest absolute Gasteiger partial charge is 0.0363 e. The van der Waals surface area contributed by atoms with Gasteiger partial charge in [-0.25, -0.2) is 0 Å². The number of para-hydroxylation sites is 2. The normalized spacial score (nSPS) is 6.89. The third-order valence-corrected chi connectivity index (χ3v) is 5.34. The number of anilines is 2. The minimum Gasteiger partial charge on any atom is -0.375 e. The molecule has 324 valence electrons. The van der Waals surface area contributed by atoms with E-state index in [4.69, 9.17) is 0 Å². The van der Waals surface area contributed by atoms with E-state index >= 15 is 0 Å². The zero-order valence-electron chi connectivity index (χ0n) is 41.5. The fraction of sp³-hybridized carbons (Fsp3) is 0.444. The fourth-order valence-electron chi connectivity index (χ4n) is 2.88. The number of benzene rings is 5. The molecule has 0 aliphatic rings. The lowest BCUT2D eigenvalue weighted by atomic mass is 10.3. The molecule has 0 bridgehead atoms. The quantitative estimate of drug-likeness (QED) is 0.179. The second-order valence-corrected chi connectivity index (χ2v) is 8.16. The molecule has 5 aromatic rings. The standard InChI is InChI=1S/2C9H13N.3C6H6.9C2H6/c2*1-3-10(2)9-7-5-4-6-8-9;3*1-2-4-6-5-3-1;9*1-2/h2*4-8H,3H2,1-2H3;3*1-6H;9*1-2H3. The van der Waals surface area contributed by atoms with E-state index in [0.717, 1.165) is 13.1 Å². The van der Waals surface area contributed by atoms with Gasteiger partial charge < -0.3 is 9.80 Å². The number of rotatable bonds is 4. The van der Waals surface area contributed by atoms with Gasteiger partial charge in [0.05, 0.1) is 0 Å². The molecule has 0 radical (unpaired) electrons. The van der Waals surface area contributed by atoms with Crippen molar-refractivity contribution < 1.29 is 0 Å². The van der Waals surface area contributed by atoms with Gasteiger partial charge in [-0.05, 0) is 38.1 Å². The lowest BCUT2D eigenvalue weighted by molar-refractivity contribution is 0.968. The highest BCUT2D eigenvalue weighted by atomic mass is 15.1. The van der Waals surface area contributed by atoms with Gasteiger partial charge in [-0.3, -0.25) is 0 Å². The van der Waals surface area contributed by atoms with Crippen molar-refractivity contribution in [3.63, 3.8) is 0 Å². The van der Waals surface area contributed by atoms with Crippen LogP contribution in [-0.2, 0) is 0 Å². The van der Waals surface area contributed by atoms with Crippen molar-refractivity contribution in [3.8, 4) is 0 Å². The SMILES string of the molecule is CC.CC.CC.CC.CC.CC.CC.CC.CC.CCN(C)c1ccccc1.CCN(C)c1ccccc1.c1ccccc1.c1ccccc1.c1ccccc1. The largest absolute Gasteiger partial charge is 0.375 e. The zero-order chi connectivity index (χ0) is 45.5. The lowest BCUT2D eigenvalue weighted by Gasteiger charge is -2.15. The lowest BCUT2D eigenvalue weighted by Crippen LogP contribution is -2.15. The van der Waals surface area contributed by atoms with Gasteiger partial charge >= 0.3 is 0 Å². The average molecular weight is 775 g/mol. The first-order valence-electron chi connectivity index (χ1n) is 22.2. The summed E-state index contributed by atoms with van der Waals surface area (Å²) in [6, 6.07) is 56.8. The number of nitrogens with zero attached hydrogens (tertiary/aromatic N) is 2. The molecule has 0 aromatic heterocycles. The Hall–Kier alpha value is -4.30. The highest BCUT2D eigenvalue weighted by molar-refractivity contribution is 5.45. The Morgan fingerprint density at radius 2 is 0.339 bits per heavy atom. The van der Waals surface area contributed by atoms with E-state index in [1.807, 2.05) is 246 Å². The van der Waals surface area contributed by atoms with Crippen molar-refractivity contribution in [3.05, 3.63) is 170 Å². The van der Waals surface area contributed by atoms with Gasteiger partial charge in [0.1, 0.15) is 0 Å². The molecule has 0 heterocycles. The van der Waals surface area contributed by atoms with Gasteiger partial charge in [0.2, 0.25) is 0 Å². The van der Waals surface area contributed by atoms with Gasteiger partial charge in [-0.1, -0.05) is 270 Å². The maximum atomic E-state index is 2.21. The average Bonchev–Trinajstić information content (AvgIpc) is 3.37. The maximum absolute atomic E-state index is 2.21. The molecule has 0 saturated carbocycles. The van der Waals surface area contributed by atoms with Crippen LogP contribution in [-0.4, -0.2) is 27.2 Å². The highest BCUT2D eigenvalue weighted by Gasteiger charge is 1.93. The molecular weight excluding hydrogens is 677 g/mol. The van der Waals surface area contributed by atoms with Gasteiger partial charge in [0.25, 0.3) is 0 Å². The van der Waals surface area contributed by atoms with Crippen LogP contribution in [0.15, 0.2) is 170 Å². The molecular formula is C54H98N2. The monoisotopic (exact) mass is 775 g/mol. The summed E-state index contributed by atoms with van der Waals surface area (Å²) in [5, 5.41) is 0. The summed E-state index contributed by atoms with van der Waals surface area (Å²) in [6.07, 6.45) is 0. The fourth-order valence-corrected chi connectivity index (χ4v) is 2.88. The highest BCUT2D eigenvalue weighted by Crippen LogP contribution is 2.10. The van der Waals surface area contributed by atoms with E-state index in [0.29, 0.717) is 0 Å². The Labute approximate surface area is 355 Å². The Balaban J connectivity index is -0.0000000646. The van der Waals surface area contributed by atoms with Crippen LogP contribution in [0, 0.1) is 0 Å². The molecule has 0 atom stereocenters. The van der Waals surface area contributed by atoms with Crippen LogP contribution in [0.4, 0.5) is 11.4 Å². The third-order valence-electron chi connectivity index (χ3n) is 5.34. The van der Waals surface area contributed by atoms with Crippen molar-refractivity contribution in [2.75, 3.05) is 37.0 Å². The van der Waals surface area contributed by atoms with E-state index in [1.165, 1.54) is 11.4 Å². The predicted molar refractivity (Wildman–Crippen MR) is 272 cm³/mol. The summed E-state index contributed by atoms with van der Waals surface area (Å²) in [4.78, 5) is 4.42. The summed E-state index contributed by atoms with van der Waals surface area (Å²) < 4.78 is 0. The van der Waals surface area contributed by atoms with E-state index in [9.17, 15) is 0 Å². The summed E-state index contributed by atoms with van der Waals surface area (Å²) in [5.41, 5.74) is 2.56. The molecule has 5 rings (SSSR count). The minimum atomic E-state index is 1.06. The maximum Gasteiger partial charge on any atom is 0.0363 e. The Morgan fingerprint density at radius 3 is 0.446 bits per heavy atom. The van der Waals surface area contributed by atoms with Crippen LogP contribution in [0.3, 0.4) is 0 Å². The van der Waals surface area contributed by atoms with Crippen molar-refractivity contribution in [1.29, 1.82) is 0 Å². The van der Waals surface area contributed by atoms with Crippen LogP contribution in [0.25, 0.3) is 0 Å². The topological polar surface area (TPSA) is 6.48 Å². The van der Waals surface area contributed by atoms with Gasteiger partial charge in [-0.2, -0.15) is 0 Å². The Bertz CT molecular complexity index is 887. The van der Waals surface area contributed by atoms with E-state index in [-0.39, 0.29) is 0 Å². The summed E-state index contributed by atoms with van der Waals surface area (Å²) >= 11 is 0. The first-order chi connectivity index (χ1) is 27.7. The molecule has 0 aliphatic heterocycles. The Kier molecular flexibility index (Phi) is 115. The van der Waals surface area contributed by atoms with Crippen LogP contribution in [0.2, 0.25) is 0 Å². The molecule has 0 amide bonds. The molecule has 5 aromatic carbocycles. The predicted octanol–water partition coefficient (Wildman–Crippen LogP) is 18.6. The van der Waals surface area contributed by atoms with Crippen molar-refractivity contribution >= 4 is 11.4 Å². The molecule has 0 saturated heterocycles. The molecule has 56 heavy (non-hydrogen) atoms. The summed E-state index contributed by atoms with van der Waals surface area (Å²) in [7, 11) is 4.19. The van der Waals surface area contributed by atoms with E-state index in [1.54, 1.807) is 0 Å². The number of hydrogen-bond acceptors (Lipinski definition) is 2. The first-order valence-corrected chi connectivity index (χ1v) is 22.2. The molecule has 0 aliphatic carbocycles. The van der Waals surface area contributed by atoms with Crippen LogP contribution in [0.1, 0.15) is 138 Å². The van der Waals surface area contributed by atoms with Gasteiger partial charge in [0, 0.05) is 38.6 Å². The van der Waals surface area contributed by atoms with Crippen molar-refractivity contribution in [2.45, 2.75) is 138 Å². The Morgan fingerprint density at radius 1 is 0.232 bits per heavy atom. The van der Waals surface area contributed by atoms with Gasteiger partial charge in [0.15, 0.2) is 0 Å².